The molecule has 2 atom stereocenters. The summed E-state index contributed by atoms with van der Waals surface area (Å²) in [5, 5.41) is 11.7. The monoisotopic (exact) mass is 272 g/mol. The Morgan fingerprint density at radius 2 is 2.35 bits per heavy atom. The molecular weight excluding hydrogens is 252 g/mol. The quantitative estimate of drug-likeness (QED) is 0.824. The third kappa shape index (κ3) is 4.07. The normalized spacial score (nSPS) is 21.1. The molecule has 4 nitrogen and oxygen atoms in total. The number of nitrogens with one attached hydrogen (secondary N) is 1. The fourth-order valence-corrected chi connectivity index (χ4v) is 2.42. The lowest BCUT2D eigenvalue weighted by Crippen LogP contribution is -2.33. The van der Waals surface area contributed by atoms with Gasteiger partial charge in [0.25, 0.3) is 5.91 Å². The average Bonchev–Trinajstić information content (AvgIpc) is 2.85. The van der Waals surface area contributed by atoms with E-state index in [4.69, 9.17) is 5.11 Å². The van der Waals surface area contributed by atoms with Crippen LogP contribution in [0, 0.1) is 17.8 Å². The van der Waals surface area contributed by atoms with Gasteiger partial charge < -0.3 is 10.4 Å². The van der Waals surface area contributed by atoms with E-state index in [-0.39, 0.29) is 18.6 Å². The van der Waals surface area contributed by atoms with Crippen molar-refractivity contribution in [2.75, 3.05) is 6.61 Å². The SMILES string of the molecule is CC1CCC(NC(=O)c2ccc(C#CCCO)cn2)C1. The molecule has 1 heterocycles. The Morgan fingerprint density at radius 1 is 1.50 bits per heavy atom. The summed E-state index contributed by atoms with van der Waals surface area (Å²) in [6, 6.07) is 3.75. The Bertz CT molecular complexity index is 514. The number of hydrogen-bond donors (Lipinski definition) is 2. The van der Waals surface area contributed by atoms with E-state index in [0.717, 1.165) is 18.4 Å². The second-order valence-electron chi connectivity index (χ2n) is 5.30. The molecule has 0 saturated heterocycles. The summed E-state index contributed by atoms with van der Waals surface area (Å²) in [5.41, 5.74) is 1.18. The molecule has 1 aromatic heterocycles. The molecule has 0 aliphatic heterocycles. The van der Waals surface area contributed by atoms with Crippen LogP contribution in [0.2, 0.25) is 0 Å². The summed E-state index contributed by atoms with van der Waals surface area (Å²) in [4.78, 5) is 16.2. The van der Waals surface area contributed by atoms with E-state index in [9.17, 15) is 4.79 Å². The maximum absolute atomic E-state index is 12.0. The third-order valence-corrected chi connectivity index (χ3v) is 3.50. The van der Waals surface area contributed by atoms with E-state index < -0.39 is 0 Å². The molecule has 0 bridgehead atoms. The number of pyridine rings is 1. The van der Waals surface area contributed by atoms with E-state index >= 15 is 0 Å². The summed E-state index contributed by atoms with van der Waals surface area (Å²) in [7, 11) is 0. The molecule has 1 aliphatic rings. The maximum Gasteiger partial charge on any atom is 0.270 e. The van der Waals surface area contributed by atoms with Crippen LogP contribution in [0.15, 0.2) is 18.3 Å². The lowest BCUT2D eigenvalue weighted by molar-refractivity contribution is 0.0932. The van der Waals surface area contributed by atoms with Gasteiger partial charge in [-0.1, -0.05) is 18.8 Å². The molecule has 20 heavy (non-hydrogen) atoms. The van der Waals surface area contributed by atoms with Crippen LogP contribution in [0.1, 0.15) is 48.7 Å². The van der Waals surface area contributed by atoms with Crippen LogP contribution in [-0.2, 0) is 0 Å². The standard InChI is InChI=1S/C16H20N2O2/c1-12-5-7-14(10-12)18-16(20)15-8-6-13(11-17-15)4-2-3-9-19/h6,8,11-12,14,19H,3,5,7,9-10H2,1H3,(H,18,20). The van der Waals surface area contributed by atoms with Gasteiger partial charge in [-0.2, -0.15) is 0 Å². The number of aliphatic hydroxyl groups excluding tert-OH is 1. The molecule has 1 amide bonds. The molecule has 106 valence electrons. The minimum absolute atomic E-state index is 0.0563. The van der Waals surface area contributed by atoms with Crippen LogP contribution in [-0.4, -0.2) is 28.6 Å². The first-order valence-electron chi connectivity index (χ1n) is 7.05. The van der Waals surface area contributed by atoms with Crippen LogP contribution in [0.4, 0.5) is 0 Å². The first kappa shape index (κ1) is 14.5. The van der Waals surface area contributed by atoms with Crippen LogP contribution >= 0.6 is 0 Å². The summed E-state index contributed by atoms with van der Waals surface area (Å²) >= 11 is 0. The van der Waals surface area contributed by atoms with E-state index in [0.29, 0.717) is 18.0 Å². The first-order valence-corrected chi connectivity index (χ1v) is 7.05. The Labute approximate surface area is 119 Å². The van der Waals surface area contributed by atoms with Crippen molar-refractivity contribution in [3.8, 4) is 11.8 Å². The summed E-state index contributed by atoms with van der Waals surface area (Å²) in [5.74, 6) is 6.29. The number of aromatic nitrogens is 1. The van der Waals surface area contributed by atoms with E-state index in [1.165, 1.54) is 6.42 Å². The van der Waals surface area contributed by atoms with Crippen molar-refractivity contribution < 1.29 is 9.90 Å². The highest BCUT2D eigenvalue weighted by Crippen LogP contribution is 2.24. The topological polar surface area (TPSA) is 62.2 Å². The van der Waals surface area contributed by atoms with Crippen LogP contribution in [0.25, 0.3) is 0 Å². The Morgan fingerprint density at radius 3 is 2.95 bits per heavy atom. The van der Waals surface area contributed by atoms with Gasteiger partial charge in [0.05, 0.1) is 6.61 Å². The Balaban J connectivity index is 1.92. The highest BCUT2D eigenvalue weighted by Gasteiger charge is 2.23. The van der Waals surface area contributed by atoms with Crippen molar-refractivity contribution in [2.24, 2.45) is 5.92 Å². The Kier molecular flexibility index (Phi) is 5.14. The zero-order chi connectivity index (χ0) is 14.4. The van der Waals surface area contributed by atoms with Crippen LogP contribution < -0.4 is 5.32 Å². The van der Waals surface area contributed by atoms with Gasteiger partial charge in [0.15, 0.2) is 0 Å². The van der Waals surface area contributed by atoms with Crippen molar-refractivity contribution in [1.82, 2.24) is 10.3 Å². The van der Waals surface area contributed by atoms with Gasteiger partial charge in [0.1, 0.15) is 5.69 Å². The van der Waals surface area contributed by atoms with E-state index in [1.54, 1.807) is 18.3 Å². The summed E-state index contributed by atoms with van der Waals surface area (Å²) in [6.45, 7) is 2.27. The number of nitrogens with zero attached hydrogens (tertiary/aromatic N) is 1. The lowest BCUT2D eigenvalue weighted by atomic mass is 10.1. The largest absolute Gasteiger partial charge is 0.395 e. The number of carbonyl (C=O) groups excluding carboxylic acids is 1. The molecule has 2 N–H and O–H groups in total. The van der Waals surface area contributed by atoms with Gasteiger partial charge in [-0.25, -0.2) is 4.98 Å². The van der Waals surface area contributed by atoms with Gasteiger partial charge in [-0.15, -0.1) is 0 Å². The smallest absolute Gasteiger partial charge is 0.270 e. The minimum atomic E-state index is -0.112. The fourth-order valence-electron chi connectivity index (χ4n) is 2.42. The van der Waals surface area contributed by atoms with Crippen molar-refractivity contribution in [1.29, 1.82) is 0 Å². The third-order valence-electron chi connectivity index (χ3n) is 3.50. The van der Waals surface area contributed by atoms with Gasteiger partial charge in [0, 0.05) is 24.2 Å². The molecule has 1 fully saturated rings. The molecule has 2 unspecified atom stereocenters. The second kappa shape index (κ2) is 7.06. The number of carbonyl (C=O) groups is 1. The number of amides is 1. The molecule has 1 aliphatic carbocycles. The van der Waals surface area contributed by atoms with Crippen LogP contribution in [0.5, 0.6) is 0 Å². The molecule has 1 aromatic rings. The molecule has 0 radical (unpaired) electrons. The second-order valence-corrected chi connectivity index (χ2v) is 5.30. The zero-order valence-corrected chi connectivity index (χ0v) is 11.7. The van der Waals surface area contributed by atoms with E-state index in [2.05, 4.69) is 29.1 Å². The number of rotatable bonds is 3. The van der Waals surface area contributed by atoms with Gasteiger partial charge in [-0.3, -0.25) is 4.79 Å². The van der Waals surface area contributed by atoms with Crippen molar-refractivity contribution in [2.45, 2.75) is 38.6 Å². The maximum atomic E-state index is 12.0. The molecule has 0 spiro atoms. The van der Waals surface area contributed by atoms with Gasteiger partial charge in [0.2, 0.25) is 0 Å². The summed E-state index contributed by atoms with van der Waals surface area (Å²) in [6.07, 6.45) is 5.32. The van der Waals surface area contributed by atoms with Crippen molar-refractivity contribution >= 4 is 5.91 Å². The number of hydrogen-bond acceptors (Lipinski definition) is 3. The zero-order valence-electron chi connectivity index (χ0n) is 11.7. The first-order chi connectivity index (χ1) is 9.69. The molecule has 2 rings (SSSR count). The van der Waals surface area contributed by atoms with Gasteiger partial charge >= 0.3 is 0 Å². The molecule has 0 aromatic carbocycles. The highest BCUT2D eigenvalue weighted by molar-refractivity contribution is 5.92. The fraction of sp³-hybridized carbons (Fsp3) is 0.500. The molecular formula is C16H20N2O2. The van der Waals surface area contributed by atoms with Crippen molar-refractivity contribution in [3.05, 3.63) is 29.6 Å². The molecule has 4 heteroatoms. The number of aliphatic hydroxyl groups is 1. The predicted molar refractivity (Wildman–Crippen MR) is 77.1 cm³/mol. The minimum Gasteiger partial charge on any atom is -0.395 e. The molecule has 1 saturated carbocycles. The van der Waals surface area contributed by atoms with Gasteiger partial charge in [-0.05, 0) is 37.3 Å². The Hall–Kier alpha value is -1.86. The average molecular weight is 272 g/mol. The van der Waals surface area contributed by atoms with Crippen LogP contribution in [0.3, 0.4) is 0 Å². The highest BCUT2D eigenvalue weighted by atomic mass is 16.2. The van der Waals surface area contributed by atoms with E-state index in [1.807, 2.05) is 0 Å². The van der Waals surface area contributed by atoms with Crippen molar-refractivity contribution in [3.63, 3.8) is 0 Å². The predicted octanol–water partition coefficient (Wildman–Crippen LogP) is 1.73. The lowest BCUT2D eigenvalue weighted by Gasteiger charge is -2.11. The summed E-state index contributed by atoms with van der Waals surface area (Å²) < 4.78 is 0.